The summed E-state index contributed by atoms with van der Waals surface area (Å²) < 4.78 is 35.2. The van der Waals surface area contributed by atoms with E-state index in [2.05, 4.69) is 31.1 Å². The second-order valence-corrected chi connectivity index (χ2v) is 7.46. The first kappa shape index (κ1) is 21.6. The summed E-state index contributed by atoms with van der Waals surface area (Å²) in [4.78, 5) is 16.8. The van der Waals surface area contributed by atoms with Gasteiger partial charge in [-0.3, -0.25) is 9.78 Å². The summed E-state index contributed by atoms with van der Waals surface area (Å²) in [6.07, 6.45) is -0.729. The van der Waals surface area contributed by atoms with Gasteiger partial charge < -0.3 is 14.8 Å². The largest absolute Gasteiger partial charge is 0.496 e. The predicted octanol–water partition coefficient (Wildman–Crippen LogP) is 4.52. The third-order valence-corrected chi connectivity index (χ3v) is 4.25. The molecule has 0 radical (unpaired) electrons. The van der Waals surface area contributed by atoms with Crippen molar-refractivity contribution in [2.24, 2.45) is 0 Å². The van der Waals surface area contributed by atoms with E-state index >= 15 is 0 Å². The number of carbonyl (C=O) groups excluding carboxylic acids is 1. The fourth-order valence-corrected chi connectivity index (χ4v) is 2.59. The van der Waals surface area contributed by atoms with Crippen molar-refractivity contribution in [2.75, 3.05) is 13.8 Å². The summed E-state index contributed by atoms with van der Waals surface area (Å²) in [5, 5.41) is 2.86. The zero-order chi connectivity index (χ0) is 20.9. The number of hydrogen-bond acceptors (Lipinski definition) is 4. The van der Waals surface area contributed by atoms with E-state index in [4.69, 9.17) is 9.47 Å². The number of methoxy groups -OCH3 is 1. The number of benzene rings is 1. The maximum Gasteiger partial charge on any atom is 0.266 e. The smallest absolute Gasteiger partial charge is 0.266 e. The molecule has 0 aliphatic heterocycles. The zero-order valence-corrected chi connectivity index (χ0v) is 16.8. The molecule has 1 aromatic carbocycles. The molecule has 2 rings (SSSR count). The molecular formula is C21H26F2N2O3. The minimum absolute atomic E-state index is 0.0654. The van der Waals surface area contributed by atoms with Crippen LogP contribution >= 0.6 is 0 Å². The Morgan fingerprint density at radius 1 is 1.25 bits per heavy atom. The number of hydrogen-bond donors (Lipinski definition) is 1. The summed E-state index contributed by atoms with van der Waals surface area (Å²) >= 11 is 0. The Kier molecular flexibility index (Phi) is 6.94. The molecule has 1 aromatic heterocycles. The third kappa shape index (κ3) is 5.41. The fraction of sp³-hybridized carbons (Fsp3) is 0.429. The molecule has 5 nitrogen and oxygen atoms in total. The molecule has 2 aromatic rings. The summed E-state index contributed by atoms with van der Waals surface area (Å²) in [5.41, 5.74) is 1.97. The molecule has 0 fully saturated rings. The summed E-state index contributed by atoms with van der Waals surface area (Å²) in [7, 11) is 1.53. The number of rotatable bonds is 7. The highest BCUT2D eigenvalue weighted by Crippen LogP contribution is 2.29. The van der Waals surface area contributed by atoms with Crippen molar-refractivity contribution < 1.29 is 23.0 Å². The molecule has 1 N–H and O–H groups in total. The van der Waals surface area contributed by atoms with Crippen LogP contribution in [0.5, 0.6) is 11.5 Å². The van der Waals surface area contributed by atoms with Crippen LogP contribution in [0.1, 0.15) is 55.4 Å². The number of amides is 1. The number of nitrogens with one attached hydrogen (secondary N) is 1. The third-order valence-electron chi connectivity index (χ3n) is 4.25. The second-order valence-electron chi connectivity index (χ2n) is 7.46. The number of alkyl halides is 2. The van der Waals surface area contributed by atoms with Gasteiger partial charge in [-0.15, -0.1) is 0 Å². The van der Waals surface area contributed by atoms with Crippen molar-refractivity contribution in [2.45, 2.75) is 45.5 Å². The lowest BCUT2D eigenvalue weighted by Crippen LogP contribution is -2.27. The van der Waals surface area contributed by atoms with Crippen LogP contribution in [0, 0.1) is 0 Å². The van der Waals surface area contributed by atoms with Gasteiger partial charge >= 0.3 is 0 Å². The molecule has 0 saturated carbocycles. The summed E-state index contributed by atoms with van der Waals surface area (Å²) in [6, 6.07) is 8.17. The van der Waals surface area contributed by atoms with Crippen molar-refractivity contribution in [1.82, 2.24) is 10.3 Å². The Bertz CT molecular complexity index is 804. The van der Waals surface area contributed by atoms with Gasteiger partial charge in [-0.1, -0.05) is 26.8 Å². The number of carbonyl (C=O) groups is 1. The van der Waals surface area contributed by atoms with E-state index in [1.807, 2.05) is 12.1 Å². The molecule has 0 unspecified atom stereocenters. The Morgan fingerprint density at radius 2 is 1.96 bits per heavy atom. The minimum atomic E-state index is -2.02. The van der Waals surface area contributed by atoms with Gasteiger partial charge in [-0.05, 0) is 42.2 Å². The van der Waals surface area contributed by atoms with Gasteiger partial charge in [-0.25, -0.2) is 4.39 Å². The molecule has 0 aliphatic carbocycles. The molecule has 1 heterocycles. The fourth-order valence-electron chi connectivity index (χ4n) is 2.59. The van der Waals surface area contributed by atoms with Gasteiger partial charge in [0.2, 0.25) is 0 Å². The molecule has 0 bridgehead atoms. The lowest BCUT2D eigenvalue weighted by molar-refractivity contribution is 0.0431. The van der Waals surface area contributed by atoms with Gasteiger partial charge in [0.15, 0.2) is 6.67 Å². The van der Waals surface area contributed by atoms with Crippen molar-refractivity contribution in [3.8, 4) is 11.5 Å². The van der Waals surface area contributed by atoms with Crippen LogP contribution in [0.25, 0.3) is 0 Å². The molecule has 0 aliphatic rings. The van der Waals surface area contributed by atoms with Gasteiger partial charge in [0.25, 0.3) is 12.3 Å². The monoisotopic (exact) mass is 392 g/mol. The van der Waals surface area contributed by atoms with E-state index in [0.717, 1.165) is 5.56 Å². The lowest BCUT2D eigenvalue weighted by atomic mass is 9.86. The van der Waals surface area contributed by atoms with E-state index in [1.54, 1.807) is 19.1 Å². The van der Waals surface area contributed by atoms with Gasteiger partial charge in [0, 0.05) is 0 Å². The first-order valence-electron chi connectivity index (χ1n) is 8.97. The zero-order valence-electron chi connectivity index (χ0n) is 16.8. The van der Waals surface area contributed by atoms with E-state index < -0.39 is 19.1 Å². The van der Waals surface area contributed by atoms with Crippen molar-refractivity contribution in [3.05, 3.63) is 53.3 Å². The molecule has 7 heteroatoms. The number of nitrogens with zero attached hydrogens (tertiary/aromatic N) is 1. The highest BCUT2D eigenvalue weighted by Gasteiger charge is 2.20. The van der Waals surface area contributed by atoms with Crippen LogP contribution in [0.4, 0.5) is 8.78 Å². The van der Waals surface area contributed by atoms with Crippen molar-refractivity contribution >= 4 is 5.91 Å². The maximum absolute atomic E-state index is 12.9. The molecule has 2 atom stereocenters. The highest BCUT2D eigenvalue weighted by molar-refractivity contribution is 5.97. The Balaban J connectivity index is 2.11. The van der Waals surface area contributed by atoms with Gasteiger partial charge in [0.05, 0.1) is 30.6 Å². The molecule has 1 amide bonds. The average Bonchev–Trinajstić information content (AvgIpc) is 2.67. The van der Waals surface area contributed by atoms with E-state index in [-0.39, 0.29) is 17.1 Å². The SMILES string of the molecule is COc1cc(C(C)(C)C)ccc1C(=O)N[C@H](C)c1ccc(O[C@H](F)CF)cn1. The maximum atomic E-state index is 12.9. The highest BCUT2D eigenvalue weighted by atomic mass is 19.2. The lowest BCUT2D eigenvalue weighted by Gasteiger charge is -2.21. The van der Waals surface area contributed by atoms with Crippen LogP contribution in [-0.4, -0.2) is 31.0 Å². The van der Waals surface area contributed by atoms with Crippen LogP contribution in [0.3, 0.4) is 0 Å². The molecule has 152 valence electrons. The van der Waals surface area contributed by atoms with Crippen LogP contribution in [-0.2, 0) is 5.41 Å². The topological polar surface area (TPSA) is 60.5 Å². The first-order chi connectivity index (χ1) is 13.2. The Hall–Kier alpha value is -2.70. The number of halogens is 2. The van der Waals surface area contributed by atoms with Crippen LogP contribution in [0.15, 0.2) is 36.5 Å². The number of aromatic nitrogens is 1. The molecule has 0 spiro atoms. The summed E-state index contributed by atoms with van der Waals surface area (Å²) in [5.74, 6) is 0.314. The second kappa shape index (κ2) is 8.99. The predicted molar refractivity (Wildman–Crippen MR) is 103 cm³/mol. The Morgan fingerprint density at radius 3 is 2.50 bits per heavy atom. The van der Waals surface area contributed by atoms with Crippen LogP contribution < -0.4 is 14.8 Å². The quantitative estimate of drug-likeness (QED) is 0.752. The first-order valence-corrected chi connectivity index (χ1v) is 8.97. The van der Waals surface area contributed by atoms with Gasteiger partial charge in [-0.2, -0.15) is 4.39 Å². The number of ether oxygens (including phenoxy) is 2. The average molecular weight is 392 g/mol. The standard InChI is InChI=1S/C21H26F2N2O3/c1-13(17-9-7-15(12-24-17)28-19(23)11-22)25-20(26)16-8-6-14(21(2,3)4)10-18(16)27-5/h6-10,12-13,19H,11H2,1-5H3,(H,25,26)/t13-,19+/m1/s1. The molecule has 0 saturated heterocycles. The molecular weight excluding hydrogens is 366 g/mol. The minimum Gasteiger partial charge on any atom is -0.496 e. The van der Waals surface area contributed by atoms with Crippen LogP contribution in [0.2, 0.25) is 0 Å². The van der Waals surface area contributed by atoms with E-state index in [9.17, 15) is 13.6 Å². The van der Waals surface area contributed by atoms with Crippen molar-refractivity contribution in [1.29, 1.82) is 0 Å². The number of pyridine rings is 1. The van der Waals surface area contributed by atoms with E-state index in [0.29, 0.717) is 17.0 Å². The molecule has 28 heavy (non-hydrogen) atoms. The van der Waals surface area contributed by atoms with E-state index in [1.165, 1.54) is 19.4 Å². The Labute approximate surface area is 164 Å². The van der Waals surface area contributed by atoms with Gasteiger partial charge in [0.1, 0.15) is 11.5 Å². The summed E-state index contributed by atoms with van der Waals surface area (Å²) in [6.45, 7) is 6.80. The normalized spacial score (nSPS) is 13.5. The van der Waals surface area contributed by atoms with Crippen molar-refractivity contribution in [3.63, 3.8) is 0 Å².